The van der Waals surface area contributed by atoms with E-state index in [0.29, 0.717) is 18.1 Å². The Morgan fingerprint density at radius 2 is 1.55 bits per heavy atom. The molecule has 0 aliphatic heterocycles. The van der Waals surface area contributed by atoms with Crippen molar-refractivity contribution in [1.82, 2.24) is 9.97 Å². The molecule has 3 rings (SSSR count). The highest BCUT2D eigenvalue weighted by molar-refractivity contribution is 5.63. The Kier molecular flexibility index (Phi) is 7.00. The van der Waals surface area contributed by atoms with E-state index in [1.807, 2.05) is 30.3 Å². The number of hydrogen-bond donors (Lipinski definition) is 2. The summed E-state index contributed by atoms with van der Waals surface area (Å²) >= 11 is 0. The minimum Gasteiger partial charge on any atom is -0.493 e. The molecule has 0 saturated carbocycles. The maximum absolute atomic E-state index is 6.08. The van der Waals surface area contributed by atoms with Crippen LogP contribution in [-0.4, -0.2) is 24.2 Å². The van der Waals surface area contributed by atoms with Gasteiger partial charge in [-0.25, -0.2) is 4.98 Å². The molecule has 3 aromatic rings. The third kappa shape index (κ3) is 5.08. The Morgan fingerprint density at radius 3 is 2.13 bits per heavy atom. The number of methoxy groups -OCH3 is 2. The molecule has 0 unspecified atom stereocenters. The average molecular weight is 421 g/mol. The van der Waals surface area contributed by atoms with Gasteiger partial charge in [0.15, 0.2) is 11.5 Å². The SMILES string of the molecule is COc1cc(Cc2c(Nc3ccccc3)nc(N)nc2C(C)C)c(C(C)C)cc1OC. The summed E-state index contributed by atoms with van der Waals surface area (Å²) in [6.45, 7) is 8.60. The molecule has 164 valence electrons. The van der Waals surface area contributed by atoms with Gasteiger partial charge in [-0.3, -0.25) is 0 Å². The number of nitrogens with two attached hydrogens (primary N) is 1. The quantitative estimate of drug-likeness (QED) is 0.489. The third-order valence-corrected chi connectivity index (χ3v) is 5.27. The van der Waals surface area contributed by atoms with Crippen molar-refractivity contribution < 1.29 is 9.47 Å². The molecule has 0 atom stereocenters. The van der Waals surface area contributed by atoms with E-state index in [2.05, 4.69) is 55.1 Å². The minimum atomic E-state index is 0.194. The number of hydrogen-bond acceptors (Lipinski definition) is 6. The van der Waals surface area contributed by atoms with E-state index in [4.69, 9.17) is 15.2 Å². The van der Waals surface area contributed by atoms with Gasteiger partial charge >= 0.3 is 0 Å². The maximum Gasteiger partial charge on any atom is 0.222 e. The largest absolute Gasteiger partial charge is 0.493 e. The zero-order valence-corrected chi connectivity index (χ0v) is 19.2. The lowest BCUT2D eigenvalue weighted by Crippen LogP contribution is -2.12. The summed E-state index contributed by atoms with van der Waals surface area (Å²) in [5.74, 6) is 2.95. The molecule has 1 heterocycles. The molecule has 6 heteroatoms. The van der Waals surface area contributed by atoms with Crippen LogP contribution < -0.4 is 20.5 Å². The molecule has 31 heavy (non-hydrogen) atoms. The number of anilines is 3. The van der Waals surface area contributed by atoms with Gasteiger partial charge in [-0.15, -0.1) is 0 Å². The summed E-state index contributed by atoms with van der Waals surface area (Å²) in [5.41, 5.74) is 11.4. The Balaban J connectivity index is 2.16. The molecular formula is C25H32N4O2. The number of nitrogen functional groups attached to an aromatic ring is 1. The lowest BCUT2D eigenvalue weighted by atomic mass is 9.90. The molecule has 0 aliphatic rings. The minimum absolute atomic E-state index is 0.194. The van der Waals surface area contributed by atoms with Crippen molar-refractivity contribution in [1.29, 1.82) is 0 Å². The Morgan fingerprint density at radius 1 is 0.903 bits per heavy atom. The van der Waals surface area contributed by atoms with Crippen molar-refractivity contribution in [3.05, 3.63) is 64.8 Å². The molecule has 0 saturated heterocycles. The molecule has 0 aliphatic carbocycles. The number of rotatable bonds is 8. The molecule has 2 aromatic carbocycles. The van der Waals surface area contributed by atoms with E-state index in [1.165, 1.54) is 5.56 Å². The van der Waals surface area contributed by atoms with Crippen molar-refractivity contribution >= 4 is 17.5 Å². The predicted octanol–water partition coefficient (Wildman–Crippen LogP) is 5.66. The maximum atomic E-state index is 6.08. The molecule has 0 spiro atoms. The molecule has 0 fully saturated rings. The zero-order chi connectivity index (χ0) is 22.5. The van der Waals surface area contributed by atoms with Gasteiger partial charge in [-0.1, -0.05) is 45.9 Å². The van der Waals surface area contributed by atoms with E-state index in [-0.39, 0.29) is 11.9 Å². The first-order valence-corrected chi connectivity index (χ1v) is 10.6. The van der Waals surface area contributed by atoms with Crippen molar-refractivity contribution in [3.63, 3.8) is 0 Å². The van der Waals surface area contributed by atoms with Crippen LogP contribution in [0, 0.1) is 0 Å². The molecule has 6 nitrogen and oxygen atoms in total. The normalized spacial score (nSPS) is 11.1. The standard InChI is InChI=1S/C25H32N4O2/c1-15(2)19-14-22(31-6)21(30-5)13-17(19)12-20-23(16(3)4)28-25(26)29-24(20)27-18-10-8-7-9-11-18/h7-11,13-16H,12H2,1-6H3,(H3,26,27,28,29). The summed E-state index contributed by atoms with van der Waals surface area (Å²) in [7, 11) is 3.32. The van der Waals surface area contributed by atoms with E-state index >= 15 is 0 Å². The second-order valence-corrected chi connectivity index (χ2v) is 8.18. The lowest BCUT2D eigenvalue weighted by molar-refractivity contribution is 0.354. The van der Waals surface area contributed by atoms with Crippen LogP contribution in [0.1, 0.15) is 61.9 Å². The third-order valence-electron chi connectivity index (χ3n) is 5.27. The number of nitrogens with one attached hydrogen (secondary N) is 1. The fourth-order valence-corrected chi connectivity index (χ4v) is 3.75. The Labute approximate surface area is 184 Å². The summed E-state index contributed by atoms with van der Waals surface area (Å²) < 4.78 is 11.1. The van der Waals surface area contributed by atoms with Gasteiger partial charge in [0.1, 0.15) is 5.82 Å². The highest BCUT2D eigenvalue weighted by atomic mass is 16.5. The number of nitrogens with zero attached hydrogens (tertiary/aromatic N) is 2. The zero-order valence-electron chi connectivity index (χ0n) is 19.2. The summed E-state index contributed by atoms with van der Waals surface area (Å²) in [6, 6.07) is 14.1. The summed E-state index contributed by atoms with van der Waals surface area (Å²) in [4.78, 5) is 9.15. The molecule has 0 radical (unpaired) electrons. The highest BCUT2D eigenvalue weighted by Crippen LogP contribution is 2.37. The van der Waals surface area contributed by atoms with Crippen molar-refractivity contribution in [2.45, 2.75) is 46.0 Å². The monoisotopic (exact) mass is 420 g/mol. The molecule has 0 bridgehead atoms. The second-order valence-electron chi connectivity index (χ2n) is 8.18. The van der Waals surface area contributed by atoms with E-state index in [0.717, 1.165) is 34.1 Å². The number of benzene rings is 2. The molecule has 3 N–H and O–H groups in total. The smallest absolute Gasteiger partial charge is 0.222 e. The van der Waals surface area contributed by atoms with Crippen molar-refractivity contribution in [2.75, 3.05) is 25.3 Å². The summed E-state index contributed by atoms with van der Waals surface area (Å²) in [5, 5.41) is 3.44. The van der Waals surface area contributed by atoms with Gasteiger partial charge < -0.3 is 20.5 Å². The van der Waals surface area contributed by atoms with Crippen LogP contribution in [0.15, 0.2) is 42.5 Å². The van der Waals surface area contributed by atoms with Gasteiger partial charge in [0.05, 0.1) is 19.9 Å². The number of aromatic nitrogens is 2. The van der Waals surface area contributed by atoms with Crippen LogP contribution in [0.2, 0.25) is 0 Å². The van der Waals surface area contributed by atoms with Gasteiger partial charge in [0.2, 0.25) is 5.95 Å². The summed E-state index contributed by atoms with van der Waals surface area (Å²) in [6.07, 6.45) is 0.650. The van der Waals surface area contributed by atoms with E-state index in [9.17, 15) is 0 Å². The van der Waals surface area contributed by atoms with Gasteiger partial charge in [0.25, 0.3) is 0 Å². The first-order valence-electron chi connectivity index (χ1n) is 10.6. The number of ether oxygens (including phenoxy) is 2. The first-order chi connectivity index (χ1) is 14.8. The molecule has 1 aromatic heterocycles. The first kappa shape index (κ1) is 22.4. The van der Waals surface area contributed by atoms with Gasteiger partial charge in [-0.05, 0) is 47.2 Å². The topological polar surface area (TPSA) is 82.3 Å². The van der Waals surface area contributed by atoms with Crippen LogP contribution >= 0.6 is 0 Å². The van der Waals surface area contributed by atoms with Crippen LogP contribution in [0.4, 0.5) is 17.5 Å². The average Bonchev–Trinajstić information content (AvgIpc) is 2.75. The molecular weight excluding hydrogens is 388 g/mol. The van der Waals surface area contributed by atoms with Gasteiger partial charge in [0, 0.05) is 17.7 Å². The highest BCUT2D eigenvalue weighted by Gasteiger charge is 2.21. The van der Waals surface area contributed by atoms with Gasteiger partial charge in [-0.2, -0.15) is 4.98 Å². The fraction of sp³-hybridized carbons (Fsp3) is 0.360. The van der Waals surface area contributed by atoms with Crippen LogP contribution in [0.25, 0.3) is 0 Å². The Bertz CT molecular complexity index is 1030. The van der Waals surface area contributed by atoms with E-state index < -0.39 is 0 Å². The van der Waals surface area contributed by atoms with Crippen LogP contribution in [0.3, 0.4) is 0 Å². The lowest BCUT2D eigenvalue weighted by Gasteiger charge is -2.21. The van der Waals surface area contributed by atoms with E-state index in [1.54, 1.807) is 14.2 Å². The van der Waals surface area contributed by atoms with Crippen LogP contribution in [0.5, 0.6) is 11.5 Å². The second kappa shape index (κ2) is 9.69. The fourth-order valence-electron chi connectivity index (χ4n) is 3.75. The van der Waals surface area contributed by atoms with Crippen LogP contribution in [-0.2, 0) is 6.42 Å². The van der Waals surface area contributed by atoms with Crippen molar-refractivity contribution in [2.24, 2.45) is 0 Å². The predicted molar refractivity (Wildman–Crippen MR) is 127 cm³/mol. The Hall–Kier alpha value is -3.28. The molecule has 0 amide bonds. The number of para-hydroxylation sites is 1. The van der Waals surface area contributed by atoms with Crippen molar-refractivity contribution in [3.8, 4) is 11.5 Å².